The molecule has 8 heteroatoms. The van der Waals surface area contributed by atoms with Crippen molar-refractivity contribution in [1.82, 2.24) is 20.4 Å². The van der Waals surface area contributed by atoms with Crippen molar-refractivity contribution in [2.45, 2.75) is 57.5 Å². The van der Waals surface area contributed by atoms with Crippen molar-refractivity contribution in [3.63, 3.8) is 0 Å². The Morgan fingerprint density at radius 2 is 1.84 bits per heavy atom. The van der Waals surface area contributed by atoms with Crippen LogP contribution in [0.15, 0.2) is 24.3 Å². The first-order valence-electron chi connectivity index (χ1n) is 11.3. The van der Waals surface area contributed by atoms with Crippen LogP contribution in [0.5, 0.6) is 5.75 Å². The predicted molar refractivity (Wildman–Crippen MR) is 118 cm³/mol. The minimum atomic E-state index is -0.455. The number of hydrogen-bond donors (Lipinski definition) is 2. The highest BCUT2D eigenvalue weighted by molar-refractivity contribution is 5.88. The molecular weight excluding hydrogens is 396 g/mol. The molecule has 1 aromatic rings. The summed E-state index contributed by atoms with van der Waals surface area (Å²) in [6, 6.07) is 6.85. The van der Waals surface area contributed by atoms with Crippen molar-refractivity contribution in [3.05, 3.63) is 29.8 Å². The topological polar surface area (TPSA) is 91.0 Å². The van der Waals surface area contributed by atoms with Crippen molar-refractivity contribution >= 4 is 17.8 Å². The molecule has 8 nitrogen and oxygen atoms in total. The van der Waals surface area contributed by atoms with Gasteiger partial charge in [0, 0.05) is 39.1 Å². The van der Waals surface area contributed by atoms with Gasteiger partial charge in [-0.3, -0.25) is 9.59 Å². The van der Waals surface area contributed by atoms with E-state index in [9.17, 15) is 14.4 Å². The number of nitrogens with one attached hydrogen (secondary N) is 2. The zero-order valence-corrected chi connectivity index (χ0v) is 18.4. The molecule has 0 unspecified atom stereocenters. The number of benzene rings is 1. The normalized spacial score (nSPS) is 20.5. The summed E-state index contributed by atoms with van der Waals surface area (Å²) in [6.07, 6.45) is 5.77. The first-order chi connectivity index (χ1) is 15.1. The third kappa shape index (κ3) is 6.60. The van der Waals surface area contributed by atoms with Crippen molar-refractivity contribution in [2.24, 2.45) is 0 Å². The number of carbonyl (C=O) groups is 3. The molecule has 2 aliphatic rings. The second kappa shape index (κ2) is 11.6. The molecule has 2 saturated heterocycles. The Hall–Kier alpha value is -2.77. The number of amides is 4. The van der Waals surface area contributed by atoms with E-state index >= 15 is 0 Å². The first-order valence-corrected chi connectivity index (χ1v) is 11.3. The molecule has 170 valence electrons. The maximum absolute atomic E-state index is 13.3. The van der Waals surface area contributed by atoms with E-state index in [1.807, 2.05) is 24.3 Å². The summed E-state index contributed by atoms with van der Waals surface area (Å²) < 4.78 is 5.16. The second-order valence-electron chi connectivity index (χ2n) is 8.20. The molecule has 4 amide bonds. The lowest BCUT2D eigenvalue weighted by Gasteiger charge is -2.30. The Labute approximate surface area is 184 Å². The van der Waals surface area contributed by atoms with E-state index in [0.717, 1.165) is 43.4 Å². The Kier molecular flexibility index (Phi) is 8.55. The number of urea groups is 1. The Morgan fingerprint density at radius 3 is 2.61 bits per heavy atom. The smallest absolute Gasteiger partial charge is 0.318 e. The van der Waals surface area contributed by atoms with E-state index in [-0.39, 0.29) is 17.8 Å². The molecule has 1 atom stereocenters. The summed E-state index contributed by atoms with van der Waals surface area (Å²) in [5.74, 6) is 0.716. The summed E-state index contributed by atoms with van der Waals surface area (Å²) in [5.41, 5.74) is 0.967. The minimum absolute atomic E-state index is 0.0137. The molecule has 31 heavy (non-hydrogen) atoms. The van der Waals surface area contributed by atoms with Crippen LogP contribution < -0.4 is 15.4 Å². The highest BCUT2D eigenvalue weighted by Crippen LogP contribution is 2.21. The molecule has 3 rings (SSSR count). The van der Waals surface area contributed by atoms with Crippen LogP contribution >= 0.6 is 0 Å². The largest absolute Gasteiger partial charge is 0.497 e. The average molecular weight is 431 g/mol. The zero-order chi connectivity index (χ0) is 22.1. The summed E-state index contributed by atoms with van der Waals surface area (Å²) in [4.78, 5) is 41.5. The van der Waals surface area contributed by atoms with Crippen LogP contribution in [0.3, 0.4) is 0 Å². The highest BCUT2D eigenvalue weighted by atomic mass is 16.5. The number of methoxy groups -OCH3 is 1. The maximum Gasteiger partial charge on any atom is 0.318 e. The molecule has 1 aromatic carbocycles. The van der Waals surface area contributed by atoms with Crippen LogP contribution in [0.25, 0.3) is 0 Å². The van der Waals surface area contributed by atoms with Gasteiger partial charge in [0.15, 0.2) is 0 Å². The second-order valence-corrected chi connectivity index (χ2v) is 8.20. The van der Waals surface area contributed by atoms with Crippen LogP contribution in [0.4, 0.5) is 4.79 Å². The van der Waals surface area contributed by atoms with Gasteiger partial charge < -0.3 is 25.2 Å². The molecule has 0 bridgehead atoms. The molecule has 2 fully saturated rings. The fraction of sp³-hybridized carbons (Fsp3) is 0.609. The Balaban J connectivity index is 1.58. The van der Waals surface area contributed by atoms with Gasteiger partial charge >= 0.3 is 6.03 Å². The molecule has 2 aliphatic heterocycles. The summed E-state index contributed by atoms with van der Waals surface area (Å²) in [6.45, 7) is 2.72. The monoisotopic (exact) mass is 430 g/mol. The summed E-state index contributed by atoms with van der Waals surface area (Å²) in [5, 5.41) is 5.85. The lowest BCUT2D eigenvalue weighted by Crippen LogP contribution is -2.51. The van der Waals surface area contributed by atoms with E-state index in [1.54, 1.807) is 16.9 Å². The average Bonchev–Trinajstić information content (AvgIpc) is 3.27. The Bertz CT molecular complexity index is 752. The van der Waals surface area contributed by atoms with Gasteiger partial charge in [-0.2, -0.15) is 0 Å². The van der Waals surface area contributed by atoms with Crippen LogP contribution in [-0.4, -0.2) is 67.0 Å². The van der Waals surface area contributed by atoms with E-state index in [4.69, 9.17) is 4.74 Å². The molecule has 0 aliphatic carbocycles. The van der Waals surface area contributed by atoms with Gasteiger partial charge in [0.05, 0.1) is 7.11 Å². The maximum atomic E-state index is 13.3. The standard InChI is InChI=1S/C23H34N4O4/c1-31-19-10-8-18(9-11-19)17-25-23(30)27-15-6-7-20(27)22(29)26-14-5-3-2-4-13-24-21(28)12-16-26/h8-11,20H,2-7,12-17H2,1H3,(H,24,28)(H,25,30)/t20-/m0/s1. The predicted octanol–water partition coefficient (Wildman–Crippen LogP) is 2.28. The first kappa shape index (κ1) is 22.9. The van der Waals surface area contributed by atoms with Gasteiger partial charge in [-0.05, 0) is 43.4 Å². The third-order valence-corrected chi connectivity index (χ3v) is 6.00. The fourth-order valence-corrected chi connectivity index (χ4v) is 4.17. The van der Waals surface area contributed by atoms with Crippen LogP contribution in [0, 0.1) is 0 Å². The van der Waals surface area contributed by atoms with E-state index < -0.39 is 6.04 Å². The molecule has 2 N–H and O–H groups in total. The third-order valence-electron chi connectivity index (χ3n) is 6.00. The molecule has 0 radical (unpaired) electrons. The summed E-state index contributed by atoms with van der Waals surface area (Å²) >= 11 is 0. The molecular formula is C23H34N4O4. The van der Waals surface area contributed by atoms with Gasteiger partial charge in [0.2, 0.25) is 11.8 Å². The van der Waals surface area contributed by atoms with E-state index in [2.05, 4.69) is 10.6 Å². The van der Waals surface area contributed by atoms with Gasteiger partial charge in [-0.15, -0.1) is 0 Å². The van der Waals surface area contributed by atoms with Gasteiger partial charge in [0.25, 0.3) is 0 Å². The van der Waals surface area contributed by atoms with Crippen LogP contribution in [0.2, 0.25) is 0 Å². The van der Waals surface area contributed by atoms with Gasteiger partial charge in [-0.1, -0.05) is 25.0 Å². The van der Waals surface area contributed by atoms with Crippen molar-refractivity contribution < 1.29 is 19.1 Å². The van der Waals surface area contributed by atoms with Crippen molar-refractivity contribution in [2.75, 3.05) is 33.3 Å². The number of carbonyl (C=O) groups excluding carboxylic acids is 3. The minimum Gasteiger partial charge on any atom is -0.497 e. The molecule has 0 saturated carbocycles. The zero-order valence-electron chi connectivity index (χ0n) is 18.4. The summed E-state index contributed by atoms with van der Waals surface area (Å²) in [7, 11) is 1.62. The van der Waals surface area contributed by atoms with E-state index in [1.165, 1.54) is 0 Å². The lowest BCUT2D eigenvalue weighted by molar-refractivity contribution is -0.135. The van der Waals surface area contributed by atoms with Gasteiger partial charge in [-0.25, -0.2) is 4.79 Å². The van der Waals surface area contributed by atoms with Crippen molar-refractivity contribution in [1.29, 1.82) is 0 Å². The van der Waals surface area contributed by atoms with Gasteiger partial charge in [0.1, 0.15) is 11.8 Å². The molecule has 0 spiro atoms. The van der Waals surface area contributed by atoms with Crippen molar-refractivity contribution in [3.8, 4) is 5.75 Å². The molecule has 2 heterocycles. The number of nitrogens with zero attached hydrogens (tertiary/aromatic N) is 2. The quantitative estimate of drug-likeness (QED) is 0.767. The number of ether oxygens (including phenoxy) is 1. The number of rotatable bonds is 4. The number of hydrogen-bond acceptors (Lipinski definition) is 4. The Morgan fingerprint density at radius 1 is 1.06 bits per heavy atom. The molecule has 0 aromatic heterocycles. The van der Waals surface area contributed by atoms with Crippen LogP contribution in [0.1, 0.15) is 50.5 Å². The highest BCUT2D eigenvalue weighted by Gasteiger charge is 2.36. The van der Waals surface area contributed by atoms with Crippen LogP contribution in [-0.2, 0) is 16.1 Å². The lowest BCUT2D eigenvalue weighted by atomic mass is 10.1. The van der Waals surface area contributed by atoms with E-state index in [0.29, 0.717) is 45.6 Å². The fourth-order valence-electron chi connectivity index (χ4n) is 4.17. The SMILES string of the molecule is COc1ccc(CNC(=O)N2CCC[C@H]2C(=O)N2CCCCCCNC(=O)CC2)cc1. The number of likely N-dealkylation sites (tertiary alicyclic amines) is 1.